The zero-order chi connectivity index (χ0) is 22.8. The molecule has 10 nitrogen and oxygen atoms in total. The first-order valence-corrected chi connectivity index (χ1v) is 11.7. The molecule has 1 N–H and O–H groups in total. The number of aromatic nitrogens is 2. The number of non-ortho nitro benzene ring substituents is 1. The first kappa shape index (κ1) is 22.3. The highest BCUT2D eigenvalue weighted by molar-refractivity contribution is 7.92. The number of sulfonamides is 1. The maximum absolute atomic E-state index is 12.8. The van der Waals surface area contributed by atoms with Crippen LogP contribution in [0.4, 0.5) is 16.5 Å². The van der Waals surface area contributed by atoms with Gasteiger partial charge in [-0.15, -0.1) is 10.2 Å². The highest BCUT2D eigenvalue weighted by Crippen LogP contribution is 2.28. The third-order valence-electron chi connectivity index (χ3n) is 4.34. The van der Waals surface area contributed by atoms with Crippen LogP contribution >= 0.6 is 11.3 Å². The van der Waals surface area contributed by atoms with E-state index in [-0.39, 0.29) is 16.5 Å². The minimum Gasteiger partial charge on any atom is -0.299 e. The second kappa shape index (κ2) is 8.78. The molecule has 3 aromatic rings. The molecule has 3 rings (SSSR count). The molecule has 0 spiro atoms. The number of nitrogens with zero attached hydrogens (tertiary/aromatic N) is 4. The van der Waals surface area contributed by atoms with Crippen LogP contribution in [0.5, 0.6) is 0 Å². The summed E-state index contributed by atoms with van der Waals surface area (Å²) < 4.78 is 25.6. The molecule has 0 aliphatic rings. The quantitative estimate of drug-likeness (QED) is 0.421. The van der Waals surface area contributed by atoms with E-state index in [0.29, 0.717) is 5.01 Å². The number of hydrogen-bond acceptors (Lipinski definition) is 8. The topological polar surface area (TPSA) is 135 Å². The van der Waals surface area contributed by atoms with Gasteiger partial charge in [-0.3, -0.25) is 24.5 Å². The van der Waals surface area contributed by atoms with Gasteiger partial charge in [-0.2, -0.15) is 0 Å². The molecule has 0 aliphatic heterocycles. The number of amides is 1. The number of anilines is 2. The van der Waals surface area contributed by atoms with Crippen molar-refractivity contribution in [3.05, 3.63) is 64.2 Å². The normalized spacial score (nSPS) is 12.2. The summed E-state index contributed by atoms with van der Waals surface area (Å²) >= 11 is 1.15. The van der Waals surface area contributed by atoms with Crippen LogP contribution in [0.15, 0.2) is 48.5 Å². The van der Waals surface area contributed by atoms with Gasteiger partial charge in [0.2, 0.25) is 21.1 Å². The first-order valence-electron chi connectivity index (χ1n) is 9.01. The fourth-order valence-corrected chi connectivity index (χ4v) is 4.77. The van der Waals surface area contributed by atoms with E-state index in [1.54, 1.807) is 0 Å². The molecule has 1 aromatic heterocycles. The second-order valence-electron chi connectivity index (χ2n) is 6.78. The average Bonchev–Trinajstić information content (AvgIpc) is 3.16. The minimum atomic E-state index is -3.92. The molecule has 2 aromatic carbocycles. The van der Waals surface area contributed by atoms with Gasteiger partial charge in [0.25, 0.3) is 5.69 Å². The fourth-order valence-electron chi connectivity index (χ4n) is 2.85. The van der Waals surface area contributed by atoms with Crippen molar-refractivity contribution < 1.29 is 18.1 Å². The molecule has 1 atom stereocenters. The highest BCUT2D eigenvalue weighted by atomic mass is 32.2. The molecule has 31 heavy (non-hydrogen) atoms. The van der Waals surface area contributed by atoms with Crippen LogP contribution in [-0.2, 0) is 14.8 Å². The zero-order valence-electron chi connectivity index (χ0n) is 16.8. The molecule has 0 saturated carbocycles. The third-order valence-corrected chi connectivity index (χ3v) is 6.47. The summed E-state index contributed by atoms with van der Waals surface area (Å²) in [6, 6.07) is 11.5. The van der Waals surface area contributed by atoms with Crippen molar-refractivity contribution in [1.82, 2.24) is 10.2 Å². The van der Waals surface area contributed by atoms with E-state index < -0.39 is 26.9 Å². The van der Waals surface area contributed by atoms with Crippen molar-refractivity contribution in [2.24, 2.45) is 0 Å². The minimum absolute atomic E-state index is 0.0111. The molecule has 1 heterocycles. The smallest absolute Gasteiger partial charge is 0.271 e. The Balaban J connectivity index is 1.83. The van der Waals surface area contributed by atoms with Crippen LogP contribution < -0.4 is 9.62 Å². The molecule has 12 heteroatoms. The lowest BCUT2D eigenvalue weighted by Crippen LogP contribution is -2.45. The van der Waals surface area contributed by atoms with Crippen molar-refractivity contribution in [3.63, 3.8) is 0 Å². The van der Waals surface area contributed by atoms with Crippen molar-refractivity contribution in [2.45, 2.75) is 19.9 Å². The van der Waals surface area contributed by atoms with Gasteiger partial charge in [0.15, 0.2) is 0 Å². The number of rotatable bonds is 7. The predicted molar refractivity (Wildman–Crippen MR) is 119 cm³/mol. The maximum Gasteiger partial charge on any atom is 0.271 e. The monoisotopic (exact) mass is 461 g/mol. The summed E-state index contributed by atoms with van der Waals surface area (Å²) in [7, 11) is -3.92. The fraction of sp³-hybridized carbons (Fsp3) is 0.211. The Hall–Kier alpha value is -3.38. The summed E-state index contributed by atoms with van der Waals surface area (Å²) in [6.45, 7) is 3.35. The van der Waals surface area contributed by atoms with E-state index in [0.717, 1.165) is 39.1 Å². The predicted octanol–water partition coefficient (Wildman–Crippen LogP) is 3.21. The molecule has 0 fully saturated rings. The highest BCUT2D eigenvalue weighted by Gasteiger charge is 2.30. The van der Waals surface area contributed by atoms with Crippen LogP contribution in [0.2, 0.25) is 0 Å². The molecule has 0 saturated heterocycles. The molecule has 0 bridgehead atoms. The van der Waals surface area contributed by atoms with Gasteiger partial charge >= 0.3 is 0 Å². The van der Waals surface area contributed by atoms with Gasteiger partial charge in [0.1, 0.15) is 11.0 Å². The van der Waals surface area contributed by atoms with E-state index in [2.05, 4.69) is 15.5 Å². The Morgan fingerprint density at radius 1 is 1.19 bits per heavy atom. The number of nitro benzene ring substituents is 1. The van der Waals surface area contributed by atoms with Gasteiger partial charge in [0, 0.05) is 17.7 Å². The van der Waals surface area contributed by atoms with Crippen LogP contribution in [0.25, 0.3) is 10.6 Å². The number of carbonyl (C=O) groups excluding carboxylic acids is 1. The lowest BCUT2D eigenvalue weighted by Gasteiger charge is -2.27. The first-order chi connectivity index (χ1) is 14.6. The van der Waals surface area contributed by atoms with Gasteiger partial charge in [-0.1, -0.05) is 47.2 Å². The second-order valence-corrected chi connectivity index (χ2v) is 9.62. The molecule has 0 aliphatic carbocycles. The maximum atomic E-state index is 12.8. The summed E-state index contributed by atoms with van der Waals surface area (Å²) in [5.41, 5.74) is 1.66. The Morgan fingerprint density at radius 3 is 2.48 bits per heavy atom. The van der Waals surface area contributed by atoms with Crippen LogP contribution in [-0.4, -0.2) is 41.7 Å². The van der Waals surface area contributed by atoms with E-state index in [1.807, 2.05) is 31.2 Å². The van der Waals surface area contributed by atoms with E-state index in [4.69, 9.17) is 0 Å². The van der Waals surface area contributed by atoms with Crippen molar-refractivity contribution >= 4 is 43.8 Å². The van der Waals surface area contributed by atoms with E-state index >= 15 is 0 Å². The van der Waals surface area contributed by atoms with E-state index in [9.17, 15) is 23.3 Å². The zero-order valence-corrected chi connectivity index (χ0v) is 18.5. The Labute approximate surface area is 182 Å². The lowest BCUT2D eigenvalue weighted by molar-refractivity contribution is -0.384. The number of hydrogen-bond donors (Lipinski definition) is 1. The van der Waals surface area contributed by atoms with Crippen molar-refractivity contribution in [2.75, 3.05) is 15.9 Å². The molecule has 162 valence electrons. The van der Waals surface area contributed by atoms with Crippen LogP contribution in [0.3, 0.4) is 0 Å². The third kappa shape index (κ3) is 5.22. The summed E-state index contributed by atoms with van der Waals surface area (Å²) in [4.78, 5) is 23.2. The number of carbonyl (C=O) groups is 1. The number of nitrogens with one attached hydrogen (secondary N) is 1. The average molecular weight is 462 g/mol. The van der Waals surface area contributed by atoms with Crippen LogP contribution in [0.1, 0.15) is 12.5 Å². The standard InChI is InChI=1S/C19H19N5O5S2/c1-12-7-9-14(10-8-12)18-21-22-19(30-18)20-17(25)13(2)23(31(3,28)29)15-5-4-6-16(11-15)24(26)27/h4-11,13H,1-3H3,(H,20,22,25)/t13-/m0/s1. The lowest BCUT2D eigenvalue weighted by atomic mass is 10.2. The largest absolute Gasteiger partial charge is 0.299 e. The molecule has 0 radical (unpaired) electrons. The van der Waals surface area contributed by atoms with Crippen molar-refractivity contribution in [1.29, 1.82) is 0 Å². The van der Waals surface area contributed by atoms with Gasteiger partial charge in [-0.25, -0.2) is 8.42 Å². The Bertz CT molecular complexity index is 1220. The summed E-state index contributed by atoms with van der Waals surface area (Å²) in [5, 5.41) is 22.4. The number of nitro groups is 1. The SMILES string of the molecule is Cc1ccc(-c2nnc(NC(=O)[C@H](C)N(c3cccc([N+](=O)[O-])c3)S(C)(=O)=O)s2)cc1. The van der Waals surface area contributed by atoms with Crippen LogP contribution in [0, 0.1) is 17.0 Å². The van der Waals surface area contributed by atoms with Gasteiger partial charge < -0.3 is 0 Å². The van der Waals surface area contributed by atoms with Gasteiger partial charge in [0.05, 0.1) is 16.9 Å². The Morgan fingerprint density at radius 2 is 1.87 bits per heavy atom. The van der Waals surface area contributed by atoms with Crippen molar-refractivity contribution in [3.8, 4) is 10.6 Å². The number of benzene rings is 2. The molecular formula is C19H19N5O5S2. The molecular weight excluding hydrogens is 442 g/mol. The van der Waals surface area contributed by atoms with Gasteiger partial charge in [-0.05, 0) is 19.9 Å². The number of aryl methyl sites for hydroxylation is 1. The molecule has 1 amide bonds. The Kier molecular flexibility index (Phi) is 6.32. The van der Waals surface area contributed by atoms with E-state index in [1.165, 1.54) is 25.1 Å². The molecule has 0 unspecified atom stereocenters. The summed E-state index contributed by atoms with van der Waals surface area (Å²) in [5.74, 6) is -0.650. The summed E-state index contributed by atoms with van der Waals surface area (Å²) in [6.07, 6.45) is 0.927.